The van der Waals surface area contributed by atoms with E-state index in [-0.39, 0.29) is 6.42 Å². The largest absolute Gasteiger partial charge is 0.391 e. The highest BCUT2D eigenvalue weighted by Crippen LogP contribution is 2.32. The van der Waals surface area contributed by atoms with Crippen molar-refractivity contribution in [1.29, 1.82) is 0 Å². The smallest absolute Gasteiger partial charge is 0.265 e. The molecule has 0 aromatic heterocycles. The zero-order valence-corrected chi connectivity index (χ0v) is 5.56. The van der Waals surface area contributed by atoms with Gasteiger partial charge in [-0.25, -0.2) is 8.78 Å². The third kappa shape index (κ3) is 1.27. The molecule has 0 radical (unpaired) electrons. The fourth-order valence-corrected chi connectivity index (χ4v) is 1.17. The van der Waals surface area contributed by atoms with Gasteiger partial charge in [-0.2, -0.15) is 0 Å². The van der Waals surface area contributed by atoms with Crippen LogP contribution in [0.1, 0.15) is 19.3 Å². The van der Waals surface area contributed by atoms with Gasteiger partial charge in [0.1, 0.15) is 0 Å². The first-order chi connectivity index (χ1) is 4.54. The maximum Gasteiger partial charge on any atom is 0.265 e. The number of aliphatic hydroxyl groups is 1. The van der Waals surface area contributed by atoms with Gasteiger partial charge in [-0.15, -0.1) is 0 Å². The van der Waals surface area contributed by atoms with Gasteiger partial charge in [0.15, 0.2) is 0 Å². The molecular formula is C6H11F2NO. The lowest BCUT2D eigenvalue weighted by Crippen LogP contribution is -2.52. The SMILES string of the molecule is N[C@H]1C(O)CCCC1(F)F. The lowest BCUT2D eigenvalue weighted by Gasteiger charge is -2.32. The van der Waals surface area contributed by atoms with Crippen LogP contribution in [0.3, 0.4) is 0 Å². The van der Waals surface area contributed by atoms with Gasteiger partial charge in [0.25, 0.3) is 5.92 Å². The molecule has 3 N–H and O–H groups in total. The Morgan fingerprint density at radius 2 is 2.10 bits per heavy atom. The Morgan fingerprint density at radius 1 is 1.50 bits per heavy atom. The molecule has 0 heterocycles. The number of nitrogens with two attached hydrogens (primary N) is 1. The Balaban J connectivity index is 2.60. The van der Waals surface area contributed by atoms with E-state index in [1.807, 2.05) is 0 Å². The average molecular weight is 151 g/mol. The molecule has 0 amide bonds. The number of halogens is 2. The quantitative estimate of drug-likeness (QED) is 0.529. The predicted octanol–water partition coefficient (Wildman–Crippen LogP) is 0.494. The first-order valence-electron chi connectivity index (χ1n) is 3.35. The zero-order valence-electron chi connectivity index (χ0n) is 5.56. The van der Waals surface area contributed by atoms with Crippen molar-refractivity contribution in [2.45, 2.75) is 37.3 Å². The maximum atomic E-state index is 12.6. The fourth-order valence-electron chi connectivity index (χ4n) is 1.17. The molecule has 4 heteroatoms. The molecule has 0 saturated heterocycles. The third-order valence-corrected chi connectivity index (χ3v) is 1.91. The van der Waals surface area contributed by atoms with Gasteiger partial charge in [-0.3, -0.25) is 0 Å². The van der Waals surface area contributed by atoms with Crippen LogP contribution in [-0.4, -0.2) is 23.2 Å². The highest BCUT2D eigenvalue weighted by atomic mass is 19.3. The summed E-state index contributed by atoms with van der Waals surface area (Å²) in [6.07, 6.45) is -0.451. The van der Waals surface area contributed by atoms with E-state index in [2.05, 4.69) is 0 Å². The monoisotopic (exact) mass is 151 g/mol. The summed E-state index contributed by atoms with van der Waals surface area (Å²) in [5.41, 5.74) is 5.06. The van der Waals surface area contributed by atoms with Crippen molar-refractivity contribution >= 4 is 0 Å². The Morgan fingerprint density at radius 3 is 2.50 bits per heavy atom. The molecule has 0 spiro atoms. The number of alkyl halides is 2. The molecule has 1 fully saturated rings. The van der Waals surface area contributed by atoms with Crippen molar-refractivity contribution in [3.8, 4) is 0 Å². The molecule has 1 aliphatic carbocycles. The van der Waals surface area contributed by atoms with Crippen LogP contribution in [0.4, 0.5) is 8.78 Å². The summed E-state index contributed by atoms with van der Waals surface area (Å²) in [6, 6.07) is -1.36. The van der Waals surface area contributed by atoms with Crippen molar-refractivity contribution in [2.24, 2.45) is 5.73 Å². The van der Waals surface area contributed by atoms with Crippen molar-refractivity contribution in [2.75, 3.05) is 0 Å². The summed E-state index contributed by atoms with van der Waals surface area (Å²) in [4.78, 5) is 0. The standard InChI is InChI=1S/C6H11F2NO/c7-6(8)3-1-2-4(10)5(6)9/h4-5,10H,1-3,9H2/t4?,5-/m0/s1. The van der Waals surface area contributed by atoms with E-state index in [0.29, 0.717) is 12.8 Å². The van der Waals surface area contributed by atoms with Crippen LogP contribution in [0.15, 0.2) is 0 Å². The maximum absolute atomic E-state index is 12.6. The van der Waals surface area contributed by atoms with E-state index in [0.717, 1.165) is 0 Å². The van der Waals surface area contributed by atoms with E-state index in [1.54, 1.807) is 0 Å². The summed E-state index contributed by atoms with van der Waals surface area (Å²) in [5, 5.41) is 8.91. The van der Waals surface area contributed by atoms with Crippen LogP contribution < -0.4 is 5.73 Å². The van der Waals surface area contributed by atoms with Gasteiger partial charge in [-0.05, 0) is 12.8 Å². The van der Waals surface area contributed by atoms with Gasteiger partial charge in [-0.1, -0.05) is 0 Å². The van der Waals surface area contributed by atoms with E-state index in [4.69, 9.17) is 10.8 Å². The molecule has 2 atom stereocenters. The van der Waals surface area contributed by atoms with Crippen LogP contribution >= 0.6 is 0 Å². The molecule has 1 rings (SSSR count). The minimum Gasteiger partial charge on any atom is -0.391 e. The van der Waals surface area contributed by atoms with E-state index in [9.17, 15) is 8.78 Å². The summed E-state index contributed by atoms with van der Waals surface area (Å²) < 4.78 is 25.1. The molecule has 60 valence electrons. The van der Waals surface area contributed by atoms with Gasteiger partial charge < -0.3 is 10.8 Å². The van der Waals surface area contributed by atoms with Crippen molar-refractivity contribution in [3.63, 3.8) is 0 Å². The van der Waals surface area contributed by atoms with E-state index in [1.165, 1.54) is 0 Å². The van der Waals surface area contributed by atoms with Gasteiger partial charge >= 0.3 is 0 Å². The van der Waals surface area contributed by atoms with E-state index >= 15 is 0 Å². The van der Waals surface area contributed by atoms with Crippen LogP contribution in [0.2, 0.25) is 0 Å². The summed E-state index contributed by atoms with van der Waals surface area (Å²) in [7, 11) is 0. The lowest BCUT2D eigenvalue weighted by molar-refractivity contribution is -0.0953. The minimum absolute atomic E-state index is 0.189. The first-order valence-corrected chi connectivity index (χ1v) is 3.35. The predicted molar refractivity (Wildman–Crippen MR) is 32.8 cm³/mol. The van der Waals surface area contributed by atoms with Gasteiger partial charge in [0, 0.05) is 6.42 Å². The molecule has 10 heavy (non-hydrogen) atoms. The number of rotatable bonds is 0. The third-order valence-electron chi connectivity index (χ3n) is 1.91. The molecule has 1 saturated carbocycles. The molecular weight excluding hydrogens is 140 g/mol. The fraction of sp³-hybridized carbons (Fsp3) is 1.00. The topological polar surface area (TPSA) is 46.2 Å². The Kier molecular flexibility index (Phi) is 1.92. The van der Waals surface area contributed by atoms with E-state index < -0.39 is 18.1 Å². The summed E-state index contributed by atoms with van der Waals surface area (Å²) >= 11 is 0. The second-order valence-corrected chi connectivity index (χ2v) is 2.75. The number of hydrogen-bond donors (Lipinski definition) is 2. The summed E-state index contributed by atoms with van der Waals surface area (Å²) in [5.74, 6) is -2.86. The first kappa shape index (κ1) is 7.88. The Bertz CT molecular complexity index is 129. The van der Waals surface area contributed by atoms with Crippen LogP contribution in [0.25, 0.3) is 0 Å². The number of hydrogen-bond acceptors (Lipinski definition) is 2. The normalized spacial score (nSPS) is 39.6. The van der Waals surface area contributed by atoms with Crippen molar-refractivity contribution in [1.82, 2.24) is 0 Å². The molecule has 1 unspecified atom stereocenters. The zero-order chi connectivity index (χ0) is 7.78. The average Bonchev–Trinajstić information content (AvgIpc) is 1.83. The molecule has 1 aliphatic rings. The molecule has 0 aromatic carbocycles. The molecule has 0 aliphatic heterocycles. The molecule has 0 bridgehead atoms. The van der Waals surface area contributed by atoms with Crippen LogP contribution in [-0.2, 0) is 0 Å². The van der Waals surface area contributed by atoms with Gasteiger partial charge in [0.2, 0.25) is 0 Å². The van der Waals surface area contributed by atoms with Crippen molar-refractivity contribution < 1.29 is 13.9 Å². The van der Waals surface area contributed by atoms with Crippen LogP contribution in [0.5, 0.6) is 0 Å². The van der Waals surface area contributed by atoms with Crippen molar-refractivity contribution in [3.05, 3.63) is 0 Å². The summed E-state index contributed by atoms with van der Waals surface area (Å²) in [6.45, 7) is 0. The van der Waals surface area contributed by atoms with Crippen LogP contribution in [0, 0.1) is 0 Å². The Hall–Kier alpha value is -0.220. The molecule has 0 aromatic rings. The van der Waals surface area contributed by atoms with Gasteiger partial charge in [0.05, 0.1) is 12.1 Å². The Labute approximate surface area is 58.0 Å². The second kappa shape index (κ2) is 2.43. The number of aliphatic hydroxyl groups excluding tert-OH is 1. The second-order valence-electron chi connectivity index (χ2n) is 2.75. The lowest BCUT2D eigenvalue weighted by atomic mass is 9.90. The highest BCUT2D eigenvalue weighted by molar-refractivity contribution is 4.90. The minimum atomic E-state index is -2.86. The highest BCUT2D eigenvalue weighted by Gasteiger charge is 2.43. The molecule has 2 nitrogen and oxygen atoms in total.